The average molecular weight is 384 g/mol. The Kier molecular flexibility index (Phi) is 5.80. The molecule has 0 saturated carbocycles. The zero-order valence-electron chi connectivity index (χ0n) is 17.7. The van der Waals surface area contributed by atoms with Crippen LogP contribution in [0.2, 0.25) is 0 Å². The molecule has 29 heavy (non-hydrogen) atoms. The zero-order valence-corrected chi connectivity index (χ0v) is 17.7. The van der Waals surface area contributed by atoms with E-state index in [1.807, 2.05) is 0 Å². The summed E-state index contributed by atoms with van der Waals surface area (Å²) in [6, 6.07) is 26.5. The van der Waals surface area contributed by atoms with E-state index in [4.69, 9.17) is 0 Å². The Hall–Kier alpha value is -2.87. The van der Waals surface area contributed by atoms with Crippen LogP contribution < -0.4 is 5.32 Å². The summed E-state index contributed by atoms with van der Waals surface area (Å²) < 4.78 is 2.44. The molecule has 0 amide bonds. The molecule has 1 heterocycles. The summed E-state index contributed by atoms with van der Waals surface area (Å²) in [5.74, 6) is 0.672. The molecule has 2 heteroatoms. The van der Waals surface area contributed by atoms with Gasteiger partial charge in [-0.1, -0.05) is 92.2 Å². The Morgan fingerprint density at radius 3 is 1.76 bits per heavy atom. The first-order chi connectivity index (χ1) is 14.1. The molecular formula is C27H31N2+. The molecule has 1 aliphatic heterocycles. The van der Waals surface area contributed by atoms with E-state index < -0.39 is 0 Å². The maximum Gasteiger partial charge on any atom is 0.237 e. The van der Waals surface area contributed by atoms with Gasteiger partial charge in [0.25, 0.3) is 0 Å². The highest BCUT2D eigenvalue weighted by Gasteiger charge is 2.26. The quantitative estimate of drug-likeness (QED) is 0.537. The second-order valence-electron chi connectivity index (χ2n) is 8.19. The largest absolute Gasteiger partial charge is 0.281 e. The van der Waals surface area contributed by atoms with Gasteiger partial charge in [-0.15, -0.1) is 0 Å². The van der Waals surface area contributed by atoms with Crippen LogP contribution in [0.1, 0.15) is 59.9 Å². The van der Waals surface area contributed by atoms with Gasteiger partial charge in [0.1, 0.15) is 5.69 Å². The minimum atomic E-state index is 0.336. The third-order valence-corrected chi connectivity index (χ3v) is 6.10. The molecule has 148 valence electrons. The maximum atomic E-state index is 3.46. The molecule has 2 atom stereocenters. The first kappa shape index (κ1) is 19.4. The van der Waals surface area contributed by atoms with E-state index in [9.17, 15) is 0 Å². The van der Waals surface area contributed by atoms with Crippen molar-refractivity contribution >= 4 is 12.0 Å². The molecule has 0 unspecified atom stereocenters. The van der Waals surface area contributed by atoms with Gasteiger partial charge in [0.15, 0.2) is 0 Å². The summed E-state index contributed by atoms with van der Waals surface area (Å²) in [6.45, 7) is 9.00. The van der Waals surface area contributed by atoms with Crippen molar-refractivity contribution in [2.45, 2.75) is 39.0 Å². The topological polar surface area (TPSA) is 15.0 Å². The van der Waals surface area contributed by atoms with Crippen molar-refractivity contribution in [1.29, 1.82) is 0 Å². The minimum Gasteiger partial charge on any atom is -0.281 e. The van der Waals surface area contributed by atoms with Crippen LogP contribution in [0.25, 0.3) is 0 Å². The molecule has 0 radical (unpaired) electrons. The Morgan fingerprint density at radius 2 is 1.31 bits per heavy atom. The van der Waals surface area contributed by atoms with Gasteiger partial charge in [0, 0.05) is 29.4 Å². The average Bonchev–Trinajstić information content (AvgIpc) is 2.79. The number of nitrogens with one attached hydrogen (secondary N) is 1. The lowest BCUT2D eigenvalue weighted by Crippen LogP contribution is -2.30. The fraction of sp³-hybridized carbons (Fsp3) is 0.296. The van der Waals surface area contributed by atoms with Gasteiger partial charge in [0.05, 0.1) is 13.1 Å². The molecular weight excluding hydrogens is 352 g/mol. The van der Waals surface area contributed by atoms with Crippen molar-refractivity contribution in [2.75, 3.05) is 13.1 Å². The number of rotatable bonds is 5. The Bertz CT molecular complexity index is 923. The summed E-state index contributed by atoms with van der Waals surface area (Å²) in [5, 5.41) is 3.46. The fourth-order valence-electron chi connectivity index (χ4n) is 4.44. The Balaban J connectivity index is 1.91. The molecule has 3 aromatic rings. The number of hydrogen-bond donors (Lipinski definition) is 1. The van der Waals surface area contributed by atoms with Gasteiger partial charge in [-0.05, 0) is 18.1 Å². The third kappa shape index (κ3) is 4.12. The summed E-state index contributed by atoms with van der Waals surface area (Å²) in [5.41, 5.74) is 8.25. The summed E-state index contributed by atoms with van der Waals surface area (Å²) in [4.78, 5) is 0. The first-order valence-corrected chi connectivity index (χ1v) is 10.7. The summed E-state index contributed by atoms with van der Waals surface area (Å²) in [7, 11) is 0. The molecule has 0 saturated heterocycles. The standard InChI is InChI=1S/C27H30N2/c1-20-17-25(21(2)23-11-6-4-7-12-23)27(29-16-10-15-28-19-29)26(18-20)22(3)24-13-8-5-9-14-24/h4-9,11-14,17-19,21-22H,10,15-16H2,1-3H3/p+1/t21-,22-/m1/s1. The SMILES string of the molecule is Cc1cc([C@H](C)c2ccccc2)c([N+]2=CNCCC2)c([C@H](C)c2ccccc2)c1. The van der Waals surface area contributed by atoms with Gasteiger partial charge >= 0.3 is 0 Å². The molecule has 0 aromatic heterocycles. The number of aryl methyl sites for hydroxylation is 1. The molecule has 0 bridgehead atoms. The van der Waals surface area contributed by atoms with Crippen LogP contribution in [0.15, 0.2) is 72.8 Å². The van der Waals surface area contributed by atoms with Gasteiger partial charge < -0.3 is 0 Å². The van der Waals surface area contributed by atoms with Gasteiger partial charge in [-0.3, -0.25) is 5.32 Å². The van der Waals surface area contributed by atoms with Crippen molar-refractivity contribution < 1.29 is 4.58 Å². The molecule has 3 aromatic carbocycles. The maximum absolute atomic E-state index is 3.46. The monoisotopic (exact) mass is 383 g/mol. The van der Waals surface area contributed by atoms with Crippen LogP contribution in [0.4, 0.5) is 5.69 Å². The predicted octanol–water partition coefficient (Wildman–Crippen LogP) is 5.96. The van der Waals surface area contributed by atoms with Crippen molar-refractivity contribution in [2.24, 2.45) is 0 Å². The normalized spacial score (nSPS) is 15.9. The van der Waals surface area contributed by atoms with E-state index in [0.717, 1.165) is 19.5 Å². The fourth-order valence-corrected chi connectivity index (χ4v) is 4.44. The van der Waals surface area contributed by atoms with Crippen molar-refractivity contribution in [3.8, 4) is 0 Å². The lowest BCUT2D eigenvalue weighted by atomic mass is 9.84. The minimum absolute atomic E-state index is 0.336. The van der Waals surface area contributed by atoms with Crippen LogP contribution in [0.5, 0.6) is 0 Å². The summed E-state index contributed by atoms with van der Waals surface area (Å²) >= 11 is 0. The second kappa shape index (κ2) is 8.65. The predicted molar refractivity (Wildman–Crippen MR) is 123 cm³/mol. The second-order valence-corrected chi connectivity index (χ2v) is 8.19. The van der Waals surface area contributed by atoms with Gasteiger partial charge in [-0.2, -0.15) is 0 Å². The van der Waals surface area contributed by atoms with Gasteiger partial charge in [-0.25, -0.2) is 4.58 Å². The van der Waals surface area contributed by atoms with E-state index in [1.165, 1.54) is 33.5 Å². The van der Waals surface area contributed by atoms with E-state index in [0.29, 0.717) is 11.8 Å². The van der Waals surface area contributed by atoms with Crippen LogP contribution in [0.3, 0.4) is 0 Å². The Labute approximate surface area is 174 Å². The first-order valence-electron chi connectivity index (χ1n) is 10.7. The molecule has 0 aliphatic carbocycles. The highest BCUT2D eigenvalue weighted by atomic mass is 15.1. The van der Waals surface area contributed by atoms with Crippen LogP contribution in [-0.4, -0.2) is 24.0 Å². The molecule has 1 aliphatic rings. The van der Waals surface area contributed by atoms with Crippen molar-refractivity contribution in [3.05, 3.63) is 101 Å². The smallest absolute Gasteiger partial charge is 0.237 e. The van der Waals surface area contributed by atoms with Crippen LogP contribution >= 0.6 is 0 Å². The van der Waals surface area contributed by atoms with Crippen molar-refractivity contribution in [1.82, 2.24) is 5.32 Å². The molecule has 0 spiro atoms. The molecule has 4 rings (SSSR count). The van der Waals surface area contributed by atoms with Gasteiger partial charge in [0.2, 0.25) is 6.34 Å². The number of benzene rings is 3. The number of nitrogens with zero attached hydrogens (tertiary/aromatic N) is 1. The highest BCUT2D eigenvalue weighted by Crippen LogP contribution is 2.40. The lowest BCUT2D eigenvalue weighted by molar-refractivity contribution is -0.443. The zero-order chi connectivity index (χ0) is 20.2. The highest BCUT2D eigenvalue weighted by molar-refractivity contribution is 5.61. The van der Waals surface area contributed by atoms with E-state index in [1.54, 1.807) is 0 Å². The molecule has 2 nitrogen and oxygen atoms in total. The van der Waals surface area contributed by atoms with E-state index in [2.05, 4.69) is 110 Å². The van der Waals surface area contributed by atoms with E-state index >= 15 is 0 Å². The van der Waals surface area contributed by atoms with E-state index in [-0.39, 0.29) is 0 Å². The Morgan fingerprint density at radius 1 is 0.793 bits per heavy atom. The van der Waals surface area contributed by atoms with Crippen molar-refractivity contribution in [3.63, 3.8) is 0 Å². The van der Waals surface area contributed by atoms with Crippen LogP contribution in [0, 0.1) is 6.92 Å². The number of hydrogen-bond acceptors (Lipinski definition) is 1. The summed E-state index contributed by atoms with van der Waals surface area (Å²) in [6.07, 6.45) is 3.33. The molecule has 0 fully saturated rings. The lowest BCUT2D eigenvalue weighted by Gasteiger charge is -2.25. The third-order valence-electron chi connectivity index (χ3n) is 6.10. The van der Waals surface area contributed by atoms with Crippen LogP contribution in [-0.2, 0) is 0 Å². The molecule has 1 N–H and O–H groups in total.